The minimum Gasteiger partial charge on any atom is -0.390 e. The smallest absolute Gasteiger partial charge is 0.170 e. The van der Waals surface area contributed by atoms with E-state index in [-0.39, 0.29) is 6.10 Å². The van der Waals surface area contributed by atoms with Crippen LogP contribution in [0.4, 0.5) is 0 Å². The lowest BCUT2D eigenvalue weighted by Crippen LogP contribution is -2.50. The molecule has 1 aliphatic rings. The molecule has 1 saturated heterocycles. The van der Waals surface area contributed by atoms with Crippen molar-refractivity contribution in [1.29, 1.82) is 0 Å². The summed E-state index contributed by atoms with van der Waals surface area (Å²) in [5.41, 5.74) is 0.952. The molecule has 0 radical (unpaired) electrons. The number of hydrogen-bond donors (Lipinski definition) is 1. The predicted molar refractivity (Wildman–Crippen MR) is 60.4 cm³/mol. The Morgan fingerprint density at radius 1 is 1.24 bits per heavy atom. The van der Waals surface area contributed by atoms with Crippen LogP contribution in [-0.4, -0.2) is 49.4 Å². The first kappa shape index (κ1) is 10.4. The van der Waals surface area contributed by atoms with Crippen molar-refractivity contribution in [1.82, 2.24) is 25.1 Å². The maximum atomic E-state index is 9.23. The number of aliphatic hydroxyl groups is 1. The van der Waals surface area contributed by atoms with Crippen LogP contribution < -0.4 is 0 Å². The number of aromatic nitrogens is 4. The Morgan fingerprint density at radius 2 is 2.00 bits per heavy atom. The van der Waals surface area contributed by atoms with Gasteiger partial charge in [0.25, 0.3) is 0 Å². The van der Waals surface area contributed by atoms with Crippen molar-refractivity contribution in [3.05, 3.63) is 36.2 Å². The average Bonchev–Trinajstić information content (AvgIpc) is 2.76. The molecule has 3 rings (SSSR count). The standard InChI is InChI=1S/C11H13N5O/c17-10-6-15(7-10)8-11-12-13-14-16(11)9-4-2-1-3-5-9/h1-5,10,17H,6-8H2. The molecule has 1 aliphatic heterocycles. The van der Waals surface area contributed by atoms with Gasteiger partial charge in [0.15, 0.2) is 5.82 Å². The fraction of sp³-hybridized carbons (Fsp3) is 0.364. The van der Waals surface area contributed by atoms with Crippen LogP contribution in [0.5, 0.6) is 0 Å². The van der Waals surface area contributed by atoms with Gasteiger partial charge in [-0.25, -0.2) is 0 Å². The second-order valence-corrected chi connectivity index (χ2v) is 4.19. The summed E-state index contributed by atoms with van der Waals surface area (Å²) < 4.78 is 1.73. The van der Waals surface area contributed by atoms with Gasteiger partial charge in [0.05, 0.1) is 18.3 Å². The molecule has 88 valence electrons. The number of β-amino-alcohol motifs (C(OH)–C–C–N with tert-alkyl or cyclic N) is 1. The summed E-state index contributed by atoms with van der Waals surface area (Å²) in [6, 6.07) is 9.79. The first-order chi connectivity index (χ1) is 8.33. The third-order valence-corrected chi connectivity index (χ3v) is 2.84. The van der Waals surface area contributed by atoms with Crippen molar-refractivity contribution < 1.29 is 5.11 Å². The fourth-order valence-electron chi connectivity index (χ4n) is 1.95. The first-order valence-electron chi connectivity index (χ1n) is 5.56. The van der Waals surface area contributed by atoms with Crippen LogP contribution in [0, 0.1) is 0 Å². The first-order valence-corrected chi connectivity index (χ1v) is 5.56. The molecule has 0 spiro atoms. The highest BCUT2D eigenvalue weighted by Gasteiger charge is 2.26. The Labute approximate surface area is 98.5 Å². The third-order valence-electron chi connectivity index (χ3n) is 2.84. The SMILES string of the molecule is OC1CN(Cc2nnnn2-c2ccccc2)C1. The number of aliphatic hydroxyl groups excluding tert-OH is 1. The second kappa shape index (κ2) is 4.23. The molecule has 6 heteroatoms. The number of benzene rings is 1. The summed E-state index contributed by atoms with van der Waals surface area (Å²) in [4.78, 5) is 2.11. The van der Waals surface area contributed by atoms with Crippen LogP contribution in [0.1, 0.15) is 5.82 Å². The summed E-state index contributed by atoms with van der Waals surface area (Å²) in [6.07, 6.45) is -0.198. The largest absolute Gasteiger partial charge is 0.390 e. The number of rotatable bonds is 3. The maximum Gasteiger partial charge on any atom is 0.170 e. The molecule has 1 fully saturated rings. The zero-order valence-corrected chi connectivity index (χ0v) is 9.27. The molecule has 0 amide bonds. The summed E-state index contributed by atoms with van der Waals surface area (Å²) >= 11 is 0. The van der Waals surface area contributed by atoms with E-state index in [0.717, 1.165) is 11.5 Å². The maximum absolute atomic E-state index is 9.23. The highest BCUT2D eigenvalue weighted by Crippen LogP contribution is 2.13. The lowest BCUT2D eigenvalue weighted by Gasteiger charge is -2.35. The van der Waals surface area contributed by atoms with E-state index in [9.17, 15) is 5.11 Å². The van der Waals surface area contributed by atoms with Crippen LogP contribution in [-0.2, 0) is 6.54 Å². The summed E-state index contributed by atoms with van der Waals surface area (Å²) in [5.74, 6) is 0.795. The van der Waals surface area contributed by atoms with E-state index in [1.807, 2.05) is 30.3 Å². The van der Waals surface area contributed by atoms with Crippen molar-refractivity contribution in [3.8, 4) is 5.69 Å². The van der Waals surface area contributed by atoms with Crippen molar-refractivity contribution in [2.24, 2.45) is 0 Å². The van der Waals surface area contributed by atoms with Gasteiger partial charge in [-0.05, 0) is 22.6 Å². The van der Waals surface area contributed by atoms with Crippen molar-refractivity contribution in [3.63, 3.8) is 0 Å². The minimum atomic E-state index is -0.198. The second-order valence-electron chi connectivity index (χ2n) is 4.19. The van der Waals surface area contributed by atoms with Gasteiger partial charge in [-0.3, -0.25) is 4.90 Å². The number of likely N-dealkylation sites (tertiary alicyclic amines) is 1. The van der Waals surface area contributed by atoms with E-state index in [4.69, 9.17) is 0 Å². The normalized spacial score (nSPS) is 17.0. The van der Waals surface area contributed by atoms with E-state index < -0.39 is 0 Å². The van der Waals surface area contributed by atoms with Gasteiger partial charge in [-0.15, -0.1) is 5.10 Å². The van der Waals surface area contributed by atoms with Crippen LogP contribution in [0.3, 0.4) is 0 Å². The Kier molecular flexibility index (Phi) is 2.58. The quantitative estimate of drug-likeness (QED) is 0.795. The predicted octanol–water partition coefficient (Wildman–Crippen LogP) is -0.161. The van der Waals surface area contributed by atoms with E-state index in [2.05, 4.69) is 20.4 Å². The van der Waals surface area contributed by atoms with Gasteiger partial charge in [-0.2, -0.15) is 4.68 Å². The van der Waals surface area contributed by atoms with Gasteiger partial charge in [0.1, 0.15) is 0 Å². The van der Waals surface area contributed by atoms with E-state index in [1.54, 1.807) is 4.68 Å². The highest BCUT2D eigenvalue weighted by molar-refractivity contribution is 5.30. The summed E-state index contributed by atoms with van der Waals surface area (Å²) in [5, 5.41) is 20.9. The number of hydrogen-bond acceptors (Lipinski definition) is 5. The molecule has 0 bridgehead atoms. The van der Waals surface area contributed by atoms with E-state index in [1.165, 1.54) is 0 Å². The summed E-state index contributed by atoms with van der Waals surface area (Å²) in [6.45, 7) is 2.06. The number of nitrogens with zero attached hydrogens (tertiary/aromatic N) is 5. The topological polar surface area (TPSA) is 67.1 Å². The molecule has 1 aromatic carbocycles. The lowest BCUT2D eigenvalue weighted by atomic mass is 10.2. The van der Waals surface area contributed by atoms with Crippen LogP contribution in [0.15, 0.2) is 30.3 Å². The number of tetrazole rings is 1. The van der Waals surface area contributed by atoms with Gasteiger partial charge in [-0.1, -0.05) is 18.2 Å². The molecule has 0 aliphatic carbocycles. The van der Waals surface area contributed by atoms with Crippen LogP contribution >= 0.6 is 0 Å². The monoisotopic (exact) mass is 231 g/mol. The minimum absolute atomic E-state index is 0.198. The van der Waals surface area contributed by atoms with Gasteiger partial charge >= 0.3 is 0 Å². The molecule has 0 saturated carbocycles. The van der Waals surface area contributed by atoms with Crippen molar-refractivity contribution >= 4 is 0 Å². The zero-order chi connectivity index (χ0) is 11.7. The molecule has 0 unspecified atom stereocenters. The third kappa shape index (κ3) is 2.04. The molecular weight excluding hydrogens is 218 g/mol. The Bertz CT molecular complexity index is 492. The Hall–Kier alpha value is -1.79. The van der Waals surface area contributed by atoms with E-state index >= 15 is 0 Å². The molecule has 17 heavy (non-hydrogen) atoms. The van der Waals surface area contributed by atoms with E-state index in [0.29, 0.717) is 19.6 Å². The fourth-order valence-corrected chi connectivity index (χ4v) is 1.95. The Balaban J connectivity index is 1.80. The zero-order valence-electron chi connectivity index (χ0n) is 9.27. The lowest BCUT2D eigenvalue weighted by molar-refractivity contribution is -0.00465. The molecule has 1 N–H and O–H groups in total. The summed E-state index contributed by atoms with van der Waals surface area (Å²) in [7, 11) is 0. The molecule has 2 aromatic rings. The molecule has 6 nitrogen and oxygen atoms in total. The Morgan fingerprint density at radius 3 is 2.71 bits per heavy atom. The molecule has 0 atom stereocenters. The van der Waals surface area contributed by atoms with Gasteiger partial charge in [0.2, 0.25) is 0 Å². The molecular formula is C11H13N5O. The average molecular weight is 231 g/mol. The van der Waals surface area contributed by atoms with Gasteiger partial charge < -0.3 is 5.11 Å². The number of para-hydroxylation sites is 1. The highest BCUT2D eigenvalue weighted by atomic mass is 16.3. The van der Waals surface area contributed by atoms with Crippen LogP contribution in [0.2, 0.25) is 0 Å². The van der Waals surface area contributed by atoms with Crippen molar-refractivity contribution in [2.45, 2.75) is 12.6 Å². The van der Waals surface area contributed by atoms with Crippen LogP contribution in [0.25, 0.3) is 5.69 Å². The van der Waals surface area contributed by atoms with Gasteiger partial charge in [0, 0.05) is 13.1 Å². The molecule has 1 aromatic heterocycles. The molecule has 2 heterocycles. The van der Waals surface area contributed by atoms with Crippen molar-refractivity contribution in [2.75, 3.05) is 13.1 Å².